The molecule has 106 valence electrons. The van der Waals surface area contributed by atoms with Gasteiger partial charge in [-0.3, -0.25) is 9.48 Å². The minimum atomic E-state index is 0.0554. The lowest BCUT2D eigenvalue weighted by Crippen LogP contribution is -2.46. The number of thiazole rings is 1. The zero-order chi connectivity index (χ0) is 13.9. The zero-order valence-electron chi connectivity index (χ0n) is 11.5. The molecule has 0 aromatic carbocycles. The Morgan fingerprint density at radius 3 is 3.10 bits per heavy atom. The lowest BCUT2D eigenvalue weighted by molar-refractivity contribution is 0.0578. The quantitative estimate of drug-likeness (QED) is 0.872. The standard InChI is InChI=1S/C14H18N4OS/c1-11-6-16-17(7-11)8-12-4-2-3-5-18(12)14(19)13-9-20-10-15-13/h6-7,9-10,12H,2-5,8H2,1H3/t12-/m1/s1. The Morgan fingerprint density at radius 2 is 2.40 bits per heavy atom. The summed E-state index contributed by atoms with van der Waals surface area (Å²) in [5.41, 5.74) is 3.43. The van der Waals surface area contributed by atoms with E-state index in [0.717, 1.165) is 31.5 Å². The molecule has 20 heavy (non-hydrogen) atoms. The first kappa shape index (κ1) is 13.3. The number of rotatable bonds is 3. The van der Waals surface area contributed by atoms with E-state index >= 15 is 0 Å². The van der Waals surface area contributed by atoms with Gasteiger partial charge in [0.05, 0.1) is 24.3 Å². The topological polar surface area (TPSA) is 51.0 Å². The third-order valence-electron chi connectivity index (χ3n) is 3.70. The first-order valence-electron chi connectivity index (χ1n) is 6.92. The summed E-state index contributed by atoms with van der Waals surface area (Å²) in [4.78, 5) is 18.6. The van der Waals surface area contributed by atoms with Crippen molar-refractivity contribution in [2.75, 3.05) is 6.54 Å². The van der Waals surface area contributed by atoms with Gasteiger partial charge in [-0.1, -0.05) is 0 Å². The van der Waals surface area contributed by atoms with Crippen molar-refractivity contribution in [1.29, 1.82) is 0 Å². The van der Waals surface area contributed by atoms with Crippen molar-refractivity contribution in [3.63, 3.8) is 0 Å². The second-order valence-corrected chi connectivity index (χ2v) is 5.98. The number of hydrogen-bond acceptors (Lipinski definition) is 4. The van der Waals surface area contributed by atoms with E-state index in [2.05, 4.69) is 10.1 Å². The Balaban J connectivity index is 1.75. The number of aryl methyl sites for hydroxylation is 1. The molecule has 1 fully saturated rings. The molecule has 3 rings (SSSR count). The van der Waals surface area contributed by atoms with E-state index in [9.17, 15) is 4.79 Å². The molecule has 1 saturated heterocycles. The highest BCUT2D eigenvalue weighted by Gasteiger charge is 2.28. The second-order valence-electron chi connectivity index (χ2n) is 5.26. The molecule has 0 N–H and O–H groups in total. The van der Waals surface area contributed by atoms with E-state index in [4.69, 9.17) is 0 Å². The van der Waals surface area contributed by atoms with Gasteiger partial charge >= 0.3 is 0 Å². The summed E-state index contributed by atoms with van der Waals surface area (Å²) in [5.74, 6) is 0.0554. The zero-order valence-corrected chi connectivity index (χ0v) is 12.3. The fraction of sp³-hybridized carbons (Fsp3) is 0.500. The Hall–Kier alpha value is -1.69. The highest BCUT2D eigenvalue weighted by molar-refractivity contribution is 7.07. The fourth-order valence-corrected chi connectivity index (χ4v) is 3.23. The Morgan fingerprint density at radius 1 is 1.50 bits per heavy atom. The average molecular weight is 290 g/mol. The van der Waals surface area contributed by atoms with Crippen LogP contribution in [0.4, 0.5) is 0 Å². The van der Waals surface area contributed by atoms with Crippen LogP contribution in [0.25, 0.3) is 0 Å². The van der Waals surface area contributed by atoms with E-state index in [1.165, 1.54) is 17.8 Å². The van der Waals surface area contributed by atoms with Gasteiger partial charge in [0.1, 0.15) is 5.69 Å². The number of likely N-dealkylation sites (tertiary alicyclic amines) is 1. The van der Waals surface area contributed by atoms with Crippen molar-refractivity contribution < 1.29 is 4.79 Å². The van der Waals surface area contributed by atoms with Crippen molar-refractivity contribution in [3.8, 4) is 0 Å². The van der Waals surface area contributed by atoms with Crippen molar-refractivity contribution in [1.82, 2.24) is 19.7 Å². The van der Waals surface area contributed by atoms with Crippen LogP contribution in [0.15, 0.2) is 23.3 Å². The third-order valence-corrected chi connectivity index (χ3v) is 4.29. The van der Waals surface area contributed by atoms with Crippen LogP contribution in [0, 0.1) is 6.92 Å². The number of hydrogen-bond donors (Lipinski definition) is 0. The van der Waals surface area contributed by atoms with Crippen LogP contribution >= 0.6 is 11.3 Å². The number of carbonyl (C=O) groups excluding carboxylic acids is 1. The molecular formula is C14H18N4OS. The summed E-state index contributed by atoms with van der Waals surface area (Å²) in [6.45, 7) is 3.62. The molecule has 1 aliphatic heterocycles. The lowest BCUT2D eigenvalue weighted by Gasteiger charge is -2.35. The highest BCUT2D eigenvalue weighted by Crippen LogP contribution is 2.21. The maximum absolute atomic E-state index is 12.5. The third kappa shape index (κ3) is 2.75. The molecule has 3 heterocycles. The van der Waals surface area contributed by atoms with Crippen LogP contribution in [-0.2, 0) is 6.54 Å². The van der Waals surface area contributed by atoms with E-state index < -0.39 is 0 Å². The molecule has 0 saturated carbocycles. The molecule has 0 spiro atoms. The van der Waals surface area contributed by atoms with Gasteiger partial charge in [0.25, 0.3) is 5.91 Å². The minimum absolute atomic E-state index is 0.0554. The van der Waals surface area contributed by atoms with Gasteiger partial charge in [-0.05, 0) is 31.7 Å². The summed E-state index contributed by atoms with van der Waals surface area (Å²) >= 11 is 1.46. The van der Waals surface area contributed by atoms with Gasteiger partial charge in [-0.25, -0.2) is 4.98 Å². The summed E-state index contributed by atoms with van der Waals surface area (Å²) in [6, 6.07) is 0.220. The Kier molecular flexibility index (Phi) is 3.82. The largest absolute Gasteiger partial charge is 0.332 e. The van der Waals surface area contributed by atoms with Crippen molar-refractivity contribution in [2.24, 2.45) is 0 Å². The molecule has 0 bridgehead atoms. The predicted octanol–water partition coefficient (Wildman–Crippen LogP) is 2.34. The van der Waals surface area contributed by atoms with Crippen LogP contribution in [0.3, 0.4) is 0 Å². The van der Waals surface area contributed by atoms with Gasteiger partial charge in [-0.2, -0.15) is 5.10 Å². The summed E-state index contributed by atoms with van der Waals surface area (Å²) in [6.07, 6.45) is 7.17. The van der Waals surface area contributed by atoms with E-state index in [0.29, 0.717) is 5.69 Å². The van der Waals surface area contributed by atoms with Gasteiger partial charge in [0.15, 0.2) is 0 Å². The second kappa shape index (κ2) is 5.75. The molecule has 2 aromatic heterocycles. The van der Waals surface area contributed by atoms with Gasteiger partial charge in [0.2, 0.25) is 0 Å². The van der Waals surface area contributed by atoms with E-state index in [1.54, 1.807) is 5.51 Å². The van der Waals surface area contributed by atoms with Crippen LogP contribution in [0.1, 0.15) is 35.3 Å². The van der Waals surface area contributed by atoms with Gasteiger partial charge in [0, 0.05) is 18.1 Å². The van der Waals surface area contributed by atoms with E-state index in [-0.39, 0.29) is 11.9 Å². The number of aromatic nitrogens is 3. The molecule has 0 unspecified atom stereocenters. The maximum Gasteiger partial charge on any atom is 0.273 e. The Bertz CT molecular complexity index is 578. The molecule has 2 aromatic rings. The molecule has 0 aliphatic carbocycles. The van der Waals surface area contributed by atoms with Crippen molar-refractivity contribution >= 4 is 17.2 Å². The molecule has 1 amide bonds. The smallest absolute Gasteiger partial charge is 0.273 e. The highest BCUT2D eigenvalue weighted by atomic mass is 32.1. The van der Waals surface area contributed by atoms with Crippen LogP contribution in [0.2, 0.25) is 0 Å². The number of nitrogens with zero attached hydrogens (tertiary/aromatic N) is 4. The van der Waals surface area contributed by atoms with Crippen LogP contribution < -0.4 is 0 Å². The normalized spacial score (nSPS) is 19.2. The number of amides is 1. The van der Waals surface area contributed by atoms with Crippen LogP contribution in [0.5, 0.6) is 0 Å². The molecule has 0 radical (unpaired) electrons. The van der Waals surface area contributed by atoms with E-state index in [1.807, 2.05) is 34.3 Å². The molecular weight excluding hydrogens is 272 g/mol. The SMILES string of the molecule is Cc1cnn(C[C@H]2CCCCN2C(=O)c2cscn2)c1. The fourth-order valence-electron chi connectivity index (χ4n) is 2.71. The summed E-state index contributed by atoms with van der Waals surface area (Å²) in [5, 5.41) is 6.16. The lowest BCUT2D eigenvalue weighted by atomic mass is 10.0. The van der Waals surface area contributed by atoms with Gasteiger partial charge in [-0.15, -0.1) is 11.3 Å². The average Bonchev–Trinajstić information content (AvgIpc) is 3.10. The monoisotopic (exact) mass is 290 g/mol. The Labute approximate surface area is 122 Å². The minimum Gasteiger partial charge on any atom is -0.332 e. The first-order chi connectivity index (χ1) is 9.74. The van der Waals surface area contributed by atoms with Crippen molar-refractivity contribution in [3.05, 3.63) is 34.5 Å². The van der Waals surface area contributed by atoms with Crippen LogP contribution in [-0.4, -0.2) is 38.2 Å². The van der Waals surface area contributed by atoms with Gasteiger partial charge < -0.3 is 4.90 Å². The predicted molar refractivity (Wildman–Crippen MR) is 77.8 cm³/mol. The van der Waals surface area contributed by atoms with Crippen molar-refractivity contribution in [2.45, 2.75) is 38.8 Å². The molecule has 1 atom stereocenters. The summed E-state index contributed by atoms with van der Waals surface area (Å²) in [7, 11) is 0. The molecule has 5 nitrogen and oxygen atoms in total. The summed E-state index contributed by atoms with van der Waals surface area (Å²) < 4.78 is 1.94. The molecule has 1 aliphatic rings. The maximum atomic E-state index is 12.5. The number of carbonyl (C=O) groups is 1. The number of piperidine rings is 1. The first-order valence-corrected chi connectivity index (χ1v) is 7.86. The molecule has 6 heteroatoms.